The Kier molecular flexibility index (Phi) is 6.28. The van der Waals surface area contributed by atoms with Crippen molar-refractivity contribution in [3.8, 4) is 11.4 Å². The van der Waals surface area contributed by atoms with Crippen molar-refractivity contribution < 1.29 is 22.3 Å². The summed E-state index contributed by atoms with van der Waals surface area (Å²) < 4.78 is 42.5. The number of alkyl halides is 1. The Hall–Kier alpha value is -2.79. The zero-order valence-electron chi connectivity index (χ0n) is 18.9. The molecular formula is C22H28FN5O4S. The van der Waals surface area contributed by atoms with Gasteiger partial charge in [0, 0.05) is 29.9 Å². The molecule has 0 bridgehead atoms. The van der Waals surface area contributed by atoms with Crippen LogP contribution < -0.4 is 15.5 Å². The van der Waals surface area contributed by atoms with Crippen LogP contribution >= 0.6 is 0 Å². The number of nitrogens with one attached hydrogen (secondary N) is 2. The number of anilines is 2. The second-order valence-corrected chi connectivity index (χ2v) is 11.3. The number of hydrogen-bond donors (Lipinski definition) is 2. The standard InChI is InChI=1S/C22H28FN5O4S/c1-14-12-32-11-10-28(14)20-17-13-33(30,31)22(2,3)18(17)26-19(27-20)15-4-6-16(7-5-15)25-21(29)24-9-8-23/h4-7,14H,8-13H2,1-3H3,(H2,24,25,29). The average molecular weight is 478 g/mol. The lowest BCUT2D eigenvalue weighted by atomic mass is 10.0. The number of amides is 2. The molecule has 1 unspecified atom stereocenters. The van der Waals surface area contributed by atoms with Gasteiger partial charge in [0.25, 0.3) is 0 Å². The van der Waals surface area contributed by atoms with Crippen LogP contribution in [0.25, 0.3) is 11.4 Å². The Balaban J connectivity index is 1.73. The molecule has 2 amide bonds. The van der Waals surface area contributed by atoms with Gasteiger partial charge < -0.3 is 20.3 Å². The molecule has 178 valence electrons. The SMILES string of the molecule is CC1COCCN1c1nc(-c2ccc(NC(=O)NCCF)cc2)nc2c1CS(=O)(=O)C2(C)C. The fourth-order valence-corrected chi connectivity index (χ4v) is 5.54. The first-order valence-electron chi connectivity index (χ1n) is 10.8. The molecule has 0 aliphatic carbocycles. The second-order valence-electron chi connectivity index (χ2n) is 8.73. The molecule has 2 N–H and O–H groups in total. The van der Waals surface area contributed by atoms with E-state index >= 15 is 0 Å². The number of hydrogen-bond acceptors (Lipinski definition) is 7. The van der Waals surface area contributed by atoms with E-state index in [-0.39, 0.29) is 18.3 Å². The summed E-state index contributed by atoms with van der Waals surface area (Å²) in [5.74, 6) is 0.958. The minimum Gasteiger partial charge on any atom is -0.377 e. The first kappa shape index (κ1) is 23.4. The van der Waals surface area contributed by atoms with E-state index in [2.05, 4.69) is 15.5 Å². The van der Waals surface area contributed by atoms with Crippen molar-refractivity contribution >= 4 is 27.4 Å². The van der Waals surface area contributed by atoms with E-state index in [4.69, 9.17) is 14.7 Å². The molecule has 1 fully saturated rings. The fraction of sp³-hybridized carbons (Fsp3) is 0.500. The highest BCUT2D eigenvalue weighted by Gasteiger charge is 2.48. The van der Waals surface area contributed by atoms with Gasteiger partial charge in [-0.25, -0.2) is 27.6 Å². The van der Waals surface area contributed by atoms with Crippen LogP contribution in [-0.2, 0) is 25.1 Å². The molecular weight excluding hydrogens is 449 g/mol. The van der Waals surface area contributed by atoms with Crippen molar-refractivity contribution in [2.24, 2.45) is 0 Å². The third kappa shape index (κ3) is 4.39. The number of carbonyl (C=O) groups excluding carboxylic acids is 1. The Morgan fingerprint density at radius 2 is 2.00 bits per heavy atom. The zero-order chi connectivity index (χ0) is 23.8. The number of fused-ring (bicyclic) bond motifs is 1. The molecule has 0 radical (unpaired) electrons. The van der Waals surface area contributed by atoms with Crippen molar-refractivity contribution in [2.75, 3.05) is 43.2 Å². The van der Waals surface area contributed by atoms with E-state index in [1.165, 1.54) is 0 Å². The van der Waals surface area contributed by atoms with Gasteiger partial charge in [-0.1, -0.05) is 0 Å². The number of sulfone groups is 1. The number of ether oxygens (including phenoxy) is 1. The lowest BCUT2D eigenvalue weighted by Crippen LogP contribution is -2.44. The largest absolute Gasteiger partial charge is 0.377 e. The van der Waals surface area contributed by atoms with Crippen LogP contribution in [0.1, 0.15) is 32.0 Å². The highest BCUT2D eigenvalue weighted by Crippen LogP contribution is 2.44. The highest BCUT2D eigenvalue weighted by atomic mass is 32.2. The normalized spacial score (nSPS) is 20.8. The van der Waals surface area contributed by atoms with Gasteiger partial charge in [0.2, 0.25) is 0 Å². The molecule has 11 heteroatoms. The molecule has 2 aliphatic heterocycles. The van der Waals surface area contributed by atoms with Gasteiger partial charge in [0.1, 0.15) is 17.2 Å². The van der Waals surface area contributed by atoms with Crippen molar-refractivity contribution in [1.82, 2.24) is 15.3 Å². The fourth-order valence-electron chi connectivity index (χ4n) is 4.07. The number of halogens is 1. The molecule has 1 atom stereocenters. The molecule has 3 heterocycles. The van der Waals surface area contributed by atoms with Gasteiger partial charge in [-0.3, -0.25) is 0 Å². The second kappa shape index (κ2) is 8.86. The van der Waals surface area contributed by atoms with Crippen LogP contribution in [0.3, 0.4) is 0 Å². The van der Waals surface area contributed by atoms with E-state index in [9.17, 15) is 17.6 Å². The molecule has 1 aromatic heterocycles. The minimum absolute atomic E-state index is 0.0476. The van der Waals surface area contributed by atoms with Gasteiger partial charge >= 0.3 is 6.03 Å². The maximum Gasteiger partial charge on any atom is 0.319 e. The summed E-state index contributed by atoms with van der Waals surface area (Å²) in [5.41, 5.74) is 2.39. The highest BCUT2D eigenvalue weighted by molar-refractivity contribution is 7.91. The zero-order valence-corrected chi connectivity index (χ0v) is 19.7. The van der Waals surface area contributed by atoms with Crippen molar-refractivity contribution in [3.05, 3.63) is 35.5 Å². The van der Waals surface area contributed by atoms with Crippen LogP contribution in [0.4, 0.5) is 20.7 Å². The van der Waals surface area contributed by atoms with Crippen LogP contribution in [0.5, 0.6) is 0 Å². The van der Waals surface area contributed by atoms with Gasteiger partial charge in [-0.05, 0) is 45.0 Å². The number of urea groups is 1. The van der Waals surface area contributed by atoms with E-state index in [1.54, 1.807) is 38.1 Å². The van der Waals surface area contributed by atoms with Gasteiger partial charge in [0.15, 0.2) is 15.7 Å². The van der Waals surface area contributed by atoms with E-state index < -0.39 is 27.3 Å². The molecule has 2 aliphatic rings. The Morgan fingerprint density at radius 3 is 2.67 bits per heavy atom. The third-order valence-electron chi connectivity index (χ3n) is 6.09. The average Bonchev–Trinajstić information content (AvgIpc) is 2.96. The van der Waals surface area contributed by atoms with Gasteiger partial charge in [-0.15, -0.1) is 0 Å². The number of benzene rings is 1. The summed E-state index contributed by atoms with van der Waals surface area (Å²) in [6.45, 7) is 6.37. The van der Waals surface area contributed by atoms with Crippen molar-refractivity contribution in [3.63, 3.8) is 0 Å². The summed E-state index contributed by atoms with van der Waals surface area (Å²) in [6.07, 6.45) is 0. The predicted octanol–water partition coefficient (Wildman–Crippen LogP) is 2.62. The predicted molar refractivity (Wildman–Crippen MR) is 124 cm³/mol. The number of carbonyl (C=O) groups is 1. The molecule has 0 spiro atoms. The lowest BCUT2D eigenvalue weighted by Gasteiger charge is -2.35. The number of morpholine rings is 1. The van der Waals surface area contributed by atoms with Crippen LogP contribution in [0.15, 0.2) is 24.3 Å². The van der Waals surface area contributed by atoms with Crippen molar-refractivity contribution in [2.45, 2.75) is 37.3 Å². The maximum absolute atomic E-state index is 12.9. The van der Waals surface area contributed by atoms with Crippen LogP contribution in [0.2, 0.25) is 0 Å². The topological polar surface area (TPSA) is 114 Å². The van der Waals surface area contributed by atoms with Crippen LogP contribution in [-0.4, -0.2) is 63.4 Å². The molecule has 33 heavy (non-hydrogen) atoms. The summed E-state index contributed by atoms with van der Waals surface area (Å²) in [6, 6.07) is 6.46. The minimum atomic E-state index is -3.43. The maximum atomic E-state index is 12.9. The van der Waals surface area contributed by atoms with Crippen LogP contribution in [0, 0.1) is 0 Å². The smallest absolute Gasteiger partial charge is 0.319 e. The molecule has 1 aromatic carbocycles. The third-order valence-corrected chi connectivity index (χ3v) is 8.51. The Labute approximate surface area is 192 Å². The van der Waals surface area contributed by atoms with E-state index in [0.717, 1.165) is 0 Å². The van der Waals surface area contributed by atoms with E-state index in [1.807, 2.05) is 6.92 Å². The Morgan fingerprint density at radius 1 is 1.27 bits per heavy atom. The van der Waals surface area contributed by atoms with Crippen molar-refractivity contribution in [1.29, 1.82) is 0 Å². The van der Waals surface area contributed by atoms with Gasteiger partial charge in [-0.2, -0.15) is 0 Å². The first-order chi connectivity index (χ1) is 15.6. The Bertz CT molecular complexity index is 1150. The monoisotopic (exact) mass is 477 g/mol. The molecule has 1 saturated heterocycles. The quantitative estimate of drug-likeness (QED) is 0.681. The summed E-state index contributed by atoms with van der Waals surface area (Å²) >= 11 is 0. The van der Waals surface area contributed by atoms with Gasteiger partial charge in [0.05, 0.1) is 30.7 Å². The summed E-state index contributed by atoms with van der Waals surface area (Å²) in [5, 5.41) is 5.03. The molecule has 9 nitrogen and oxygen atoms in total. The van der Waals surface area contributed by atoms with E-state index in [0.29, 0.717) is 53.9 Å². The summed E-state index contributed by atoms with van der Waals surface area (Å²) in [4.78, 5) is 23.3. The molecule has 0 saturated carbocycles. The number of rotatable bonds is 5. The number of nitrogens with zero attached hydrogens (tertiary/aromatic N) is 3. The summed E-state index contributed by atoms with van der Waals surface area (Å²) in [7, 11) is -3.43. The first-order valence-corrected chi connectivity index (χ1v) is 12.5. The molecule has 2 aromatic rings. The molecule has 4 rings (SSSR count). The number of aromatic nitrogens is 2. The lowest BCUT2D eigenvalue weighted by molar-refractivity contribution is 0.0984.